The lowest BCUT2D eigenvalue weighted by Crippen LogP contribution is -2.20. The molecule has 0 aliphatic heterocycles. The number of hydrogen-bond acceptors (Lipinski definition) is 5. The molecule has 0 bridgehead atoms. The molecule has 1 aliphatic carbocycles. The fraction of sp³-hybridized carbons (Fsp3) is 0.250. The van der Waals surface area contributed by atoms with Crippen molar-refractivity contribution in [2.45, 2.75) is 25.8 Å². The van der Waals surface area contributed by atoms with Crippen molar-refractivity contribution in [3.63, 3.8) is 0 Å². The predicted molar refractivity (Wildman–Crippen MR) is 115 cm³/mol. The predicted octanol–water partition coefficient (Wildman–Crippen LogP) is 4.63. The monoisotopic (exact) mass is 484 g/mol. The average molecular weight is 485 g/mol. The molecule has 12 heteroatoms. The second kappa shape index (κ2) is 8.87. The van der Waals surface area contributed by atoms with E-state index in [4.69, 9.17) is 17.0 Å². The van der Waals surface area contributed by atoms with E-state index in [0.29, 0.717) is 10.6 Å². The SMILES string of the molecule is COC(=O)c1c(NC(=S)Nc2ccn(Cc3c(F)c(F)cc(F)c3F)n2)sc2c1CCC2. The van der Waals surface area contributed by atoms with Gasteiger partial charge in [-0.2, -0.15) is 5.10 Å². The smallest absolute Gasteiger partial charge is 0.341 e. The van der Waals surface area contributed by atoms with E-state index < -0.39 is 41.3 Å². The molecule has 0 spiro atoms. The summed E-state index contributed by atoms with van der Waals surface area (Å²) in [5.74, 6) is -6.16. The van der Waals surface area contributed by atoms with Crippen LogP contribution in [-0.2, 0) is 24.1 Å². The van der Waals surface area contributed by atoms with Gasteiger partial charge in [0.2, 0.25) is 0 Å². The molecule has 0 radical (unpaired) electrons. The van der Waals surface area contributed by atoms with Gasteiger partial charge in [-0.1, -0.05) is 0 Å². The highest BCUT2D eigenvalue weighted by Gasteiger charge is 2.27. The Morgan fingerprint density at radius 2 is 1.94 bits per heavy atom. The first-order valence-corrected chi connectivity index (χ1v) is 10.7. The Bertz CT molecular complexity index is 1200. The van der Waals surface area contributed by atoms with E-state index in [9.17, 15) is 22.4 Å². The third kappa shape index (κ3) is 4.19. The molecule has 0 saturated heterocycles. The Labute approximate surface area is 189 Å². The summed E-state index contributed by atoms with van der Waals surface area (Å²) in [5, 5.41) is 10.5. The van der Waals surface area contributed by atoms with Crippen LogP contribution in [0.1, 0.15) is 32.8 Å². The van der Waals surface area contributed by atoms with Gasteiger partial charge < -0.3 is 15.4 Å². The third-order valence-corrected chi connectivity index (χ3v) is 6.35. The maximum absolute atomic E-state index is 13.9. The van der Waals surface area contributed by atoms with Gasteiger partial charge in [0.1, 0.15) is 5.00 Å². The average Bonchev–Trinajstić information content (AvgIpc) is 3.45. The van der Waals surface area contributed by atoms with Crippen LogP contribution in [0.5, 0.6) is 0 Å². The zero-order chi connectivity index (χ0) is 23.0. The van der Waals surface area contributed by atoms with Crippen LogP contribution in [0.25, 0.3) is 0 Å². The summed E-state index contributed by atoms with van der Waals surface area (Å²) >= 11 is 6.71. The second-order valence-corrected chi connectivity index (χ2v) is 8.49. The number of carbonyl (C=O) groups is 1. The van der Waals surface area contributed by atoms with E-state index in [0.717, 1.165) is 34.4 Å². The van der Waals surface area contributed by atoms with Gasteiger partial charge in [-0.25, -0.2) is 22.4 Å². The molecular weight excluding hydrogens is 468 g/mol. The van der Waals surface area contributed by atoms with Gasteiger partial charge in [0.15, 0.2) is 34.2 Å². The first-order valence-electron chi connectivity index (χ1n) is 9.44. The minimum atomic E-state index is -1.49. The van der Waals surface area contributed by atoms with E-state index >= 15 is 0 Å². The first-order chi connectivity index (χ1) is 15.3. The highest BCUT2D eigenvalue weighted by molar-refractivity contribution is 7.80. The molecule has 0 saturated carbocycles. The number of nitrogens with zero attached hydrogens (tertiary/aromatic N) is 2. The largest absolute Gasteiger partial charge is 0.465 e. The standard InChI is InChI=1S/C20H16F4N4O2S2/c1-30-19(29)15-9-3-2-4-13(9)32-18(15)26-20(31)25-14-5-6-28(27-14)8-10-16(23)11(21)7-12(22)17(10)24/h5-7H,2-4,8H2,1H3,(H2,25,26,27,31). The lowest BCUT2D eigenvalue weighted by molar-refractivity contribution is 0.0601. The topological polar surface area (TPSA) is 68.2 Å². The van der Waals surface area contributed by atoms with Crippen LogP contribution in [0.4, 0.5) is 28.4 Å². The zero-order valence-corrected chi connectivity index (χ0v) is 18.2. The number of rotatable bonds is 5. The molecule has 1 aromatic carbocycles. The second-order valence-electron chi connectivity index (χ2n) is 6.98. The van der Waals surface area contributed by atoms with E-state index in [2.05, 4.69) is 15.7 Å². The molecule has 0 amide bonds. The number of esters is 1. The van der Waals surface area contributed by atoms with Crippen LogP contribution in [-0.4, -0.2) is 28.0 Å². The molecular formula is C20H16F4N4O2S2. The summed E-state index contributed by atoms with van der Waals surface area (Å²) in [7, 11) is 1.31. The van der Waals surface area contributed by atoms with Gasteiger partial charge in [0, 0.05) is 23.2 Å². The number of aromatic nitrogens is 2. The Morgan fingerprint density at radius 1 is 1.22 bits per heavy atom. The van der Waals surface area contributed by atoms with Gasteiger partial charge >= 0.3 is 5.97 Å². The number of aryl methyl sites for hydroxylation is 1. The summed E-state index contributed by atoms with van der Waals surface area (Å²) < 4.78 is 60.6. The van der Waals surface area contributed by atoms with Gasteiger partial charge in [0.25, 0.3) is 0 Å². The number of anilines is 2. The maximum Gasteiger partial charge on any atom is 0.341 e. The van der Waals surface area contributed by atoms with Crippen molar-refractivity contribution in [2.24, 2.45) is 0 Å². The minimum Gasteiger partial charge on any atom is -0.465 e. The summed E-state index contributed by atoms with van der Waals surface area (Å²) in [5.41, 5.74) is 0.634. The van der Waals surface area contributed by atoms with Gasteiger partial charge in [0.05, 0.1) is 24.8 Å². The summed E-state index contributed by atoms with van der Waals surface area (Å²) in [6, 6.07) is 1.62. The fourth-order valence-electron chi connectivity index (χ4n) is 3.50. The third-order valence-electron chi connectivity index (χ3n) is 4.94. The quantitative estimate of drug-likeness (QED) is 0.238. The molecule has 32 heavy (non-hydrogen) atoms. The van der Waals surface area contributed by atoms with Crippen LogP contribution in [0.15, 0.2) is 18.3 Å². The number of nitrogens with one attached hydrogen (secondary N) is 2. The highest BCUT2D eigenvalue weighted by Crippen LogP contribution is 2.39. The minimum absolute atomic E-state index is 0.134. The number of fused-ring (bicyclic) bond motifs is 1. The van der Waals surface area contributed by atoms with Crippen LogP contribution < -0.4 is 10.6 Å². The number of ether oxygens (including phenoxy) is 1. The van der Waals surface area contributed by atoms with Crippen LogP contribution >= 0.6 is 23.6 Å². The van der Waals surface area contributed by atoms with Crippen LogP contribution in [0.3, 0.4) is 0 Å². The van der Waals surface area contributed by atoms with Crippen molar-refractivity contribution in [3.05, 3.63) is 63.2 Å². The molecule has 2 heterocycles. The van der Waals surface area contributed by atoms with Gasteiger partial charge in [-0.15, -0.1) is 11.3 Å². The number of thiocarbonyl (C=S) groups is 1. The summed E-state index contributed by atoms with van der Waals surface area (Å²) in [4.78, 5) is 13.3. The van der Waals surface area contributed by atoms with E-state index in [-0.39, 0.29) is 17.0 Å². The Kier molecular flexibility index (Phi) is 6.15. The fourth-order valence-corrected chi connectivity index (χ4v) is 5.05. The molecule has 0 fully saturated rings. The van der Waals surface area contributed by atoms with Crippen molar-refractivity contribution in [2.75, 3.05) is 17.7 Å². The molecule has 2 N–H and O–H groups in total. The number of carbonyl (C=O) groups excluding carboxylic acids is 1. The van der Waals surface area contributed by atoms with Crippen molar-refractivity contribution in [3.8, 4) is 0 Å². The number of thiophene rings is 1. The van der Waals surface area contributed by atoms with Crippen molar-refractivity contribution < 1.29 is 27.1 Å². The molecule has 4 rings (SSSR count). The van der Waals surface area contributed by atoms with E-state index in [1.54, 1.807) is 0 Å². The van der Waals surface area contributed by atoms with Gasteiger partial charge in [-0.05, 0) is 37.0 Å². The number of hydrogen-bond donors (Lipinski definition) is 2. The molecule has 3 aromatic rings. The maximum atomic E-state index is 13.9. The van der Waals surface area contributed by atoms with Crippen LogP contribution in [0, 0.1) is 23.3 Å². The molecule has 168 valence electrons. The number of methoxy groups -OCH3 is 1. The molecule has 2 aromatic heterocycles. The van der Waals surface area contributed by atoms with E-state index in [1.165, 1.54) is 30.7 Å². The highest BCUT2D eigenvalue weighted by atomic mass is 32.1. The molecule has 0 unspecified atom stereocenters. The van der Waals surface area contributed by atoms with Crippen molar-refractivity contribution in [1.82, 2.24) is 9.78 Å². The molecule has 6 nitrogen and oxygen atoms in total. The lowest BCUT2D eigenvalue weighted by atomic mass is 10.1. The lowest BCUT2D eigenvalue weighted by Gasteiger charge is -2.10. The van der Waals surface area contributed by atoms with Gasteiger partial charge in [-0.3, -0.25) is 4.68 Å². The van der Waals surface area contributed by atoms with Crippen molar-refractivity contribution >= 4 is 45.5 Å². The van der Waals surface area contributed by atoms with Crippen molar-refractivity contribution in [1.29, 1.82) is 0 Å². The number of halogens is 4. The Morgan fingerprint density at radius 3 is 2.62 bits per heavy atom. The zero-order valence-electron chi connectivity index (χ0n) is 16.6. The molecule has 1 aliphatic rings. The van der Waals surface area contributed by atoms with Crippen LogP contribution in [0.2, 0.25) is 0 Å². The first kappa shape index (κ1) is 22.2. The summed E-state index contributed by atoms with van der Waals surface area (Å²) in [6.45, 7) is -0.529. The molecule has 0 atom stereocenters. The number of benzene rings is 1. The Balaban J connectivity index is 1.47. The Hall–Kier alpha value is -2.99. The van der Waals surface area contributed by atoms with E-state index in [1.807, 2.05) is 0 Å². The summed E-state index contributed by atoms with van der Waals surface area (Å²) in [6.07, 6.45) is 4.01. The normalized spacial score (nSPS) is 12.5.